The third-order valence-corrected chi connectivity index (χ3v) is 6.86. The fourth-order valence-electron chi connectivity index (χ4n) is 5.04. The molecule has 0 fully saturated rings. The summed E-state index contributed by atoms with van der Waals surface area (Å²) in [7, 11) is 0. The van der Waals surface area contributed by atoms with Crippen molar-refractivity contribution >= 4 is 44.1 Å². The fourth-order valence-corrected chi connectivity index (χ4v) is 5.04. The lowest BCUT2D eigenvalue weighted by Crippen LogP contribution is -1.90. The van der Waals surface area contributed by atoms with Crippen LogP contribution in [0, 0.1) is 0 Å². The molecule has 6 aromatic carbocycles. The second-order valence-electron chi connectivity index (χ2n) is 9.10. The number of nitrogens with one attached hydrogen (secondary N) is 1. The Morgan fingerprint density at radius 1 is 0.417 bits per heavy atom. The first kappa shape index (κ1) is 20.5. The molecule has 0 aliphatic rings. The first-order valence-electron chi connectivity index (χ1n) is 12.2. The normalized spacial score (nSPS) is 11.3. The molecule has 36 heavy (non-hydrogen) atoms. The van der Waals surface area contributed by atoms with Crippen LogP contribution in [-0.2, 0) is 0 Å². The van der Waals surface area contributed by atoms with Crippen molar-refractivity contribution in [2.75, 3.05) is 5.32 Å². The van der Waals surface area contributed by atoms with Gasteiger partial charge in [-0.15, -0.1) is 0 Å². The third kappa shape index (κ3) is 3.52. The van der Waals surface area contributed by atoms with Crippen molar-refractivity contribution in [2.45, 2.75) is 0 Å². The van der Waals surface area contributed by atoms with Crippen molar-refractivity contribution < 1.29 is 4.42 Å². The molecular weight excluding hydrogens is 438 g/mol. The molecule has 0 unspecified atom stereocenters. The van der Waals surface area contributed by atoms with Crippen molar-refractivity contribution in [1.29, 1.82) is 0 Å². The van der Waals surface area contributed by atoms with Gasteiger partial charge >= 0.3 is 0 Å². The highest BCUT2D eigenvalue weighted by molar-refractivity contribution is 6.17. The van der Waals surface area contributed by atoms with Crippen molar-refractivity contribution in [1.82, 2.24) is 0 Å². The van der Waals surface area contributed by atoms with Crippen molar-refractivity contribution in [2.24, 2.45) is 0 Å². The number of anilines is 2. The van der Waals surface area contributed by atoms with E-state index in [1.54, 1.807) is 0 Å². The van der Waals surface area contributed by atoms with E-state index in [-0.39, 0.29) is 0 Å². The molecule has 2 heteroatoms. The van der Waals surface area contributed by atoms with Crippen LogP contribution in [0.2, 0.25) is 0 Å². The molecule has 7 rings (SSSR count). The standard InChI is InChI=1S/C34H23NO/c1-2-8-23(9-3-1)26-11-6-12-27(22-26)24-16-19-28(20-17-24)35-32-15-7-14-30-31-21-18-25-10-4-5-13-29(25)33(31)36-34(30)32/h1-22,35H. The van der Waals surface area contributed by atoms with Gasteiger partial charge in [0.05, 0.1) is 5.69 Å². The molecule has 0 bridgehead atoms. The Labute approximate surface area is 209 Å². The molecule has 0 aliphatic carbocycles. The molecule has 7 aromatic rings. The van der Waals surface area contributed by atoms with Crippen LogP contribution in [0.5, 0.6) is 0 Å². The summed E-state index contributed by atoms with van der Waals surface area (Å²) in [5, 5.41) is 8.16. The van der Waals surface area contributed by atoms with Gasteiger partial charge in [0.25, 0.3) is 0 Å². The zero-order valence-corrected chi connectivity index (χ0v) is 19.6. The van der Waals surface area contributed by atoms with Crippen LogP contribution < -0.4 is 5.32 Å². The zero-order valence-electron chi connectivity index (χ0n) is 19.6. The fraction of sp³-hybridized carbons (Fsp3) is 0. The summed E-state index contributed by atoms with van der Waals surface area (Å²) in [5.41, 5.74) is 8.64. The smallest absolute Gasteiger partial charge is 0.158 e. The molecular formula is C34H23NO. The maximum atomic E-state index is 6.45. The first-order chi connectivity index (χ1) is 17.8. The van der Waals surface area contributed by atoms with Gasteiger partial charge in [0.1, 0.15) is 5.58 Å². The van der Waals surface area contributed by atoms with E-state index in [0.29, 0.717) is 0 Å². The van der Waals surface area contributed by atoms with Gasteiger partial charge in [-0.05, 0) is 58.0 Å². The number of hydrogen-bond donors (Lipinski definition) is 1. The van der Waals surface area contributed by atoms with Crippen LogP contribution >= 0.6 is 0 Å². The van der Waals surface area contributed by atoms with E-state index in [9.17, 15) is 0 Å². The van der Waals surface area contributed by atoms with Crippen LogP contribution in [0.15, 0.2) is 138 Å². The van der Waals surface area contributed by atoms with Crippen LogP contribution in [0.3, 0.4) is 0 Å². The summed E-state index contributed by atoms with van der Waals surface area (Å²) in [6.45, 7) is 0. The topological polar surface area (TPSA) is 25.2 Å². The largest absolute Gasteiger partial charge is 0.453 e. The van der Waals surface area contributed by atoms with Crippen LogP contribution in [-0.4, -0.2) is 0 Å². The average molecular weight is 462 g/mol. The molecule has 0 atom stereocenters. The predicted octanol–water partition coefficient (Wildman–Crippen LogP) is 9.82. The van der Waals surface area contributed by atoms with Crippen LogP contribution in [0.4, 0.5) is 11.4 Å². The Hall–Kier alpha value is -4.82. The molecule has 0 radical (unpaired) electrons. The van der Waals surface area contributed by atoms with Gasteiger partial charge in [0.15, 0.2) is 5.58 Å². The number of furan rings is 1. The lowest BCUT2D eigenvalue weighted by atomic mass is 9.99. The van der Waals surface area contributed by atoms with Gasteiger partial charge in [-0.2, -0.15) is 0 Å². The van der Waals surface area contributed by atoms with Gasteiger partial charge in [-0.1, -0.05) is 103 Å². The highest BCUT2D eigenvalue weighted by atomic mass is 16.3. The van der Waals surface area contributed by atoms with E-state index < -0.39 is 0 Å². The molecule has 0 saturated carbocycles. The predicted molar refractivity (Wildman–Crippen MR) is 152 cm³/mol. The summed E-state index contributed by atoms with van der Waals surface area (Å²) >= 11 is 0. The van der Waals surface area contributed by atoms with Gasteiger partial charge < -0.3 is 9.73 Å². The number of rotatable bonds is 4. The Kier molecular flexibility index (Phi) is 4.82. The monoisotopic (exact) mass is 461 g/mol. The maximum Gasteiger partial charge on any atom is 0.158 e. The maximum absolute atomic E-state index is 6.45. The summed E-state index contributed by atoms with van der Waals surface area (Å²) in [6.07, 6.45) is 0. The SMILES string of the molecule is c1ccc(-c2cccc(-c3ccc(Nc4cccc5c4oc4c6ccccc6ccc54)cc3)c2)cc1. The van der Waals surface area contributed by atoms with Gasteiger partial charge in [0.2, 0.25) is 0 Å². The summed E-state index contributed by atoms with van der Waals surface area (Å²) < 4.78 is 6.45. The van der Waals surface area contributed by atoms with Gasteiger partial charge in [0, 0.05) is 21.8 Å². The van der Waals surface area contributed by atoms with Crippen molar-refractivity contribution in [3.8, 4) is 22.3 Å². The van der Waals surface area contributed by atoms with E-state index in [1.165, 1.54) is 27.6 Å². The summed E-state index contributed by atoms with van der Waals surface area (Å²) in [4.78, 5) is 0. The van der Waals surface area contributed by atoms with E-state index in [0.717, 1.165) is 38.7 Å². The third-order valence-electron chi connectivity index (χ3n) is 6.86. The molecule has 1 N–H and O–H groups in total. The lowest BCUT2D eigenvalue weighted by Gasteiger charge is -2.09. The minimum atomic E-state index is 0.878. The number of benzene rings is 6. The summed E-state index contributed by atoms with van der Waals surface area (Å²) in [5.74, 6) is 0. The Morgan fingerprint density at radius 3 is 1.89 bits per heavy atom. The molecule has 2 nitrogen and oxygen atoms in total. The Bertz CT molecular complexity index is 1850. The highest BCUT2D eigenvalue weighted by Gasteiger charge is 2.13. The second-order valence-corrected chi connectivity index (χ2v) is 9.10. The van der Waals surface area contributed by atoms with Gasteiger partial charge in [-0.25, -0.2) is 0 Å². The molecule has 0 spiro atoms. The average Bonchev–Trinajstić information content (AvgIpc) is 3.34. The molecule has 1 heterocycles. The molecule has 0 saturated heterocycles. The van der Waals surface area contributed by atoms with E-state index in [4.69, 9.17) is 4.42 Å². The quantitative estimate of drug-likeness (QED) is 0.282. The van der Waals surface area contributed by atoms with Gasteiger partial charge in [-0.3, -0.25) is 0 Å². The number of hydrogen-bond acceptors (Lipinski definition) is 2. The Morgan fingerprint density at radius 2 is 1.06 bits per heavy atom. The minimum Gasteiger partial charge on any atom is -0.453 e. The number of para-hydroxylation sites is 1. The summed E-state index contributed by atoms with van der Waals surface area (Å²) in [6, 6.07) is 46.7. The van der Waals surface area contributed by atoms with E-state index in [1.807, 2.05) is 6.07 Å². The zero-order chi connectivity index (χ0) is 23.9. The van der Waals surface area contributed by atoms with Crippen molar-refractivity contribution in [3.05, 3.63) is 133 Å². The molecule has 0 aliphatic heterocycles. The van der Waals surface area contributed by atoms with Crippen LogP contribution in [0.1, 0.15) is 0 Å². The molecule has 170 valence electrons. The van der Waals surface area contributed by atoms with E-state index in [2.05, 4.69) is 133 Å². The second kappa shape index (κ2) is 8.44. The molecule has 0 amide bonds. The van der Waals surface area contributed by atoms with E-state index >= 15 is 0 Å². The number of fused-ring (bicyclic) bond motifs is 5. The van der Waals surface area contributed by atoms with Crippen molar-refractivity contribution in [3.63, 3.8) is 0 Å². The molecule has 1 aromatic heterocycles. The lowest BCUT2D eigenvalue weighted by molar-refractivity contribution is 0.674. The Balaban J connectivity index is 1.23. The first-order valence-corrected chi connectivity index (χ1v) is 12.2. The highest BCUT2D eigenvalue weighted by Crippen LogP contribution is 2.38. The minimum absolute atomic E-state index is 0.878. The van der Waals surface area contributed by atoms with Crippen LogP contribution in [0.25, 0.3) is 55.0 Å².